The largest absolute Gasteiger partial charge is 0.507 e. The lowest BCUT2D eigenvalue weighted by Gasteiger charge is -2.24. The van der Waals surface area contributed by atoms with E-state index in [4.69, 9.17) is 14.2 Å². The Balaban J connectivity index is 1.96. The Morgan fingerprint density at radius 1 is 1.35 bits per heavy atom. The van der Waals surface area contributed by atoms with Gasteiger partial charge in [0.05, 0.1) is 7.11 Å². The normalized spacial score (nSPS) is 22.7. The molecule has 1 fully saturated rings. The molecule has 1 aromatic carbocycles. The van der Waals surface area contributed by atoms with Crippen molar-refractivity contribution < 1.29 is 28.9 Å². The zero-order valence-electron chi connectivity index (χ0n) is 13.5. The van der Waals surface area contributed by atoms with Gasteiger partial charge in [0.2, 0.25) is 0 Å². The first-order chi connectivity index (χ1) is 10.9. The molecule has 6 heteroatoms. The Hall–Kier alpha value is -2.24. The van der Waals surface area contributed by atoms with Gasteiger partial charge >= 0.3 is 11.9 Å². The third-order valence-electron chi connectivity index (χ3n) is 4.77. The monoisotopic (exact) mass is 320 g/mol. The molecule has 0 unspecified atom stereocenters. The number of cyclic esters (lactones) is 2. The quantitative estimate of drug-likeness (QED) is 0.858. The lowest BCUT2D eigenvalue weighted by Crippen LogP contribution is -2.24. The molecule has 0 radical (unpaired) electrons. The molecule has 1 saturated heterocycles. The smallest absolute Gasteiger partial charge is 0.342 e. The molecule has 0 aliphatic carbocycles. The third-order valence-corrected chi connectivity index (χ3v) is 4.77. The van der Waals surface area contributed by atoms with Gasteiger partial charge in [0.25, 0.3) is 0 Å². The van der Waals surface area contributed by atoms with Crippen molar-refractivity contribution in [3.63, 3.8) is 0 Å². The SMILES string of the molecule is COc1c(C)c2c(c(O)c1CC[C@@]1(C)CCC(=O)O1)C(=O)OC2. The zero-order valence-corrected chi connectivity index (χ0v) is 13.5. The van der Waals surface area contributed by atoms with Crippen LogP contribution in [-0.4, -0.2) is 29.8 Å². The first-order valence-electron chi connectivity index (χ1n) is 7.66. The summed E-state index contributed by atoms with van der Waals surface area (Å²) in [5.74, 6) is -0.231. The fourth-order valence-corrected chi connectivity index (χ4v) is 3.38. The summed E-state index contributed by atoms with van der Waals surface area (Å²) in [5.41, 5.74) is 1.72. The van der Waals surface area contributed by atoms with Gasteiger partial charge in [-0.25, -0.2) is 4.79 Å². The van der Waals surface area contributed by atoms with Gasteiger partial charge in [-0.15, -0.1) is 0 Å². The fourth-order valence-electron chi connectivity index (χ4n) is 3.38. The molecule has 0 aromatic heterocycles. The average molecular weight is 320 g/mol. The maximum absolute atomic E-state index is 11.9. The number of carbonyl (C=O) groups excluding carboxylic acids is 2. The van der Waals surface area contributed by atoms with E-state index in [1.54, 1.807) is 0 Å². The van der Waals surface area contributed by atoms with Crippen molar-refractivity contribution in [2.24, 2.45) is 0 Å². The van der Waals surface area contributed by atoms with E-state index in [0.717, 1.165) is 5.56 Å². The topological polar surface area (TPSA) is 82.1 Å². The zero-order chi connectivity index (χ0) is 16.8. The van der Waals surface area contributed by atoms with Crippen LogP contribution in [0.15, 0.2) is 0 Å². The summed E-state index contributed by atoms with van der Waals surface area (Å²) in [6.45, 7) is 3.88. The lowest BCUT2D eigenvalue weighted by atomic mass is 9.90. The summed E-state index contributed by atoms with van der Waals surface area (Å²) < 4.78 is 15.9. The van der Waals surface area contributed by atoms with Crippen molar-refractivity contribution in [3.8, 4) is 11.5 Å². The van der Waals surface area contributed by atoms with Gasteiger partial charge in [0.15, 0.2) is 0 Å². The van der Waals surface area contributed by atoms with Crippen LogP contribution >= 0.6 is 0 Å². The van der Waals surface area contributed by atoms with E-state index < -0.39 is 11.6 Å². The van der Waals surface area contributed by atoms with Crippen LogP contribution < -0.4 is 4.74 Å². The Kier molecular flexibility index (Phi) is 3.70. The molecular weight excluding hydrogens is 300 g/mol. The summed E-state index contributed by atoms with van der Waals surface area (Å²) >= 11 is 0. The van der Waals surface area contributed by atoms with Crippen LogP contribution in [0, 0.1) is 6.92 Å². The highest BCUT2D eigenvalue weighted by Gasteiger charge is 2.37. The van der Waals surface area contributed by atoms with Gasteiger partial charge in [-0.2, -0.15) is 0 Å². The van der Waals surface area contributed by atoms with Gasteiger partial charge in [0, 0.05) is 17.5 Å². The number of phenols is 1. The van der Waals surface area contributed by atoms with Crippen LogP contribution in [0.2, 0.25) is 0 Å². The first-order valence-corrected chi connectivity index (χ1v) is 7.66. The van der Waals surface area contributed by atoms with Crippen LogP contribution in [0.5, 0.6) is 11.5 Å². The number of fused-ring (bicyclic) bond motifs is 1. The second-order valence-electron chi connectivity index (χ2n) is 6.34. The Labute approximate surface area is 134 Å². The van der Waals surface area contributed by atoms with E-state index in [9.17, 15) is 14.7 Å². The van der Waals surface area contributed by atoms with Crippen LogP contribution in [-0.2, 0) is 27.3 Å². The van der Waals surface area contributed by atoms with Gasteiger partial charge < -0.3 is 19.3 Å². The second-order valence-corrected chi connectivity index (χ2v) is 6.34. The van der Waals surface area contributed by atoms with E-state index in [1.165, 1.54) is 7.11 Å². The van der Waals surface area contributed by atoms with Gasteiger partial charge in [0.1, 0.15) is 29.3 Å². The molecule has 2 aliphatic rings. The number of hydrogen-bond acceptors (Lipinski definition) is 6. The fraction of sp³-hybridized carbons (Fsp3) is 0.529. The molecule has 1 atom stereocenters. The minimum absolute atomic E-state index is 0.0853. The van der Waals surface area contributed by atoms with Crippen LogP contribution in [0.3, 0.4) is 0 Å². The maximum atomic E-state index is 11.9. The first kappa shape index (κ1) is 15.6. The van der Waals surface area contributed by atoms with E-state index in [0.29, 0.717) is 42.6 Å². The number of rotatable bonds is 4. The number of ether oxygens (including phenoxy) is 3. The molecule has 2 aliphatic heterocycles. The van der Waals surface area contributed by atoms with Crippen molar-refractivity contribution in [1.82, 2.24) is 0 Å². The maximum Gasteiger partial charge on any atom is 0.342 e. The number of methoxy groups -OCH3 is 1. The summed E-state index contributed by atoms with van der Waals surface area (Å²) in [6.07, 6.45) is 2.06. The minimum atomic E-state index is -0.540. The highest BCUT2D eigenvalue weighted by molar-refractivity contribution is 5.98. The molecule has 6 nitrogen and oxygen atoms in total. The molecular formula is C17H20O6. The number of benzene rings is 1. The number of esters is 2. The van der Waals surface area contributed by atoms with E-state index in [-0.39, 0.29) is 23.9 Å². The van der Waals surface area contributed by atoms with E-state index >= 15 is 0 Å². The van der Waals surface area contributed by atoms with Gasteiger partial charge in [-0.05, 0) is 38.7 Å². The Morgan fingerprint density at radius 2 is 2.09 bits per heavy atom. The van der Waals surface area contributed by atoms with Crippen molar-refractivity contribution in [3.05, 3.63) is 22.3 Å². The second kappa shape index (κ2) is 5.44. The highest BCUT2D eigenvalue weighted by Crippen LogP contribution is 2.43. The van der Waals surface area contributed by atoms with Gasteiger partial charge in [-0.1, -0.05) is 0 Å². The molecule has 0 spiro atoms. The van der Waals surface area contributed by atoms with E-state index in [2.05, 4.69) is 0 Å². The molecule has 1 aromatic rings. The minimum Gasteiger partial charge on any atom is -0.507 e. The summed E-state index contributed by atoms with van der Waals surface area (Å²) in [4.78, 5) is 23.2. The molecule has 1 N–H and O–H groups in total. The highest BCUT2D eigenvalue weighted by atomic mass is 16.6. The van der Waals surface area contributed by atoms with E-state index in [1.807, 2.05) is 13.8 Å². The molecule has 0 bridgehead atoms. The Morgan fingerprint density at radius 3 is 2.70 bits per heavy atom. The van der Waals surface area contributed by atoms with Crippen molar-refractivity contribution >= 4 is 11.9 Å². The van der Waals surface area contributed by atoms with Crippen LogP contribution in [0.4, 0.5) is 0 Å². The standard InChI is InChI=1S/C17H20O6/c1-9-11-8-22-16(20)13(11)14(19)10(15(9)21-3)4-6-17(2)7-5-12(18)23-17/h19H,4-8H2,1-3H3/t17-/m0/s1. The predicted octanol–water partition coefficient (Wildman–Crippen LogP) is 2.41. The molecule has 23 heavy (non-hydrogen) atoms. The summed E-state index contributed by atoms with van der Waals surface area (Å²) in [6, 6.07) is 0. The number of aromatic hydroxyl groups is 1. The average Bonchev–Trinajstić information content (AvgIpc) is 3.05. The van der Waals surface area contributed by atoms with Crippen molar-refractivity contribution in [1.29, 1.82) is 0 Å². The van der Waals surface area contributed by atoms with Crippen LogP contribution in [0.25, 0.3) is 0 Å². The summed E-state index contributed by atoms with van der Waals surface area (Å²) in [7, 11) is 1.53. The number of hydrogen-bond donors (Lipinski definition) is 1. The Bertz CT molecular complexity index is 693. The van der Waals surface area contributed by atoms with Crippen LogP contribution in [0.1, 0.15) is 53.2 Å². The molecule has 0 amide bonds. The molecule has 2 heterocycles. The molecule has 3 rings (SSSR count). The number of carbonyl (C=O) groups is 2. The predicted molar refractivity (Wildman–Crippen MR) is 80.6 cm³/mol. The number of phenolic OH excluding ortho intramolecular Hbond substituents is 1. The third kappa shape index (κ3) is 2.52. The lowest BCUT2D eigenvalue weighted by molar-refractivity contribution is -0.147. The van der Waals surface area contributed by atoms with Crippen molar-refractivity contribution in [2.75, 3.05) is 7.11 Å². The van der Waals surface area contributed by atoms with Gasteiger partial charge in [-0.3, -0.25) is 4.79 Å². The molecule has 0 saturated carbocycles. The van der Waals surface area contributed by atoms with Crippen molar-refractivity contribution in [2.45, 2.75) is 51.7 Å². The molecule has 124 valence electrons. The summed E-state index contributed by atoms with van der Waals surface area (Å²) in [5, 5.41) is 10.5.